The fourth-order valence-electron chi connectivity index (χ4n) is 6.28. The third-order valence-corrected chi connectivity index (χ3v) is 9.78. The summed E-state index contributed by atoms with van der Waals surface area (Å²) in [5, 5.41) is 34.2. The summed E-state index contributed by atoms with van der Waals surface area (Å²) in [7, 11) is 0. The number of rotatable bonds is 21. The summed E-state index contributed by atoms with van der Waals surface area (Å²) in [5.41, 5.74) is 2.89. The Morgan fingerprint density at radius 1 is 0.576 bits per heavy atom. The van der Waals surface area contributed by atoms with Gasteiger partial charge in [0.25, 0.3) is 0 Å². The normalized spacial score (nSPS) is 11.0. The molecule has 0 spiro atoms. The van der Waals surface area contributed by atoms with E-state index >= 15 is 0 Å². The number of nitrogens with zero attached hydrogens (tertiary/aromatic N) is 6. The molecule has 3 aromatic carbocycles. The average molecular weight is 807 g/mol. The van der Waals surface area contributed by atoms with E-state index in [0.717, 1.165) is 51.4 Å². The lowest BCUT2D eigenvalue weighted by molar-refractivity contribution is -0.139. The largest absolute Gasteiger partial charge is 0.507 e. The zero-order valence-corrected chi connectivity index (χ0v) is 34.8. The standard InChI is InChI=1S/C45H54N6O8/c1-8-10-12-14-20-56-35-18-16-31(37(52)28(35)5)41-46-25-48-43(50-41)33-24-34(40(30(7)39(33)54)58-22-23-59-45(55)27(3)4)44-49-26-47-42(51-44)32-17-19-36(29(6)38(32)53)57-21-15-13-11-9-2/h16-19,24-26,52-54H,3,8-15,20-23H2,1-2,4-7H3. The topological polar surface area (TPSA) is 192 Å². The van der Waals surface area contributed by atoms with E-state index in [1.807, 2.05) is 0 Å². The van der Waals surface area contributed by atoms with Crippen LogP contribution >= 0.6 is 0 Å². The Bertz CT molecular complexity index is 2260. The van der Waals surface area contributed by atoms with Gasteiger partial charge >= 0.3 is 5.97 Å². The number of carbonyl (C=O) groups is 1. The van der Waals surface area contributed by atoms with Crippen LogP contribution in [-0.2, 0) is 9.53 Å². The van der Waals surface area contributed by atoms with Gasteiger partial charge in [0.15, 0.2) is 23.3 Å². The van der Waals surface area contributed by atoms with Gasteiger partial charge in [-0.25, -0.2) is 34.7 Å². The van der Waals surface area contributed by atoms with E-state index in [-0.39, 0.29) is 70.6 Å². The van der Waals surface area contributed by atoms with E-state index in [1.54, 1.807) is 58.0 Å². The summed E-state index contributed by atoms with van der Waals surface area (Å²) in [5.74, 6) is 1.12. The number of aromatic nitrogens is 6. The van der Waals surface area contributed by atoms with Gasteiger partial charge in [-0.05, 0) is 70.9 Å². The molecule has 0 aliphatic heterocycles. The van der Waals surface area contributed by atoms with Crippen molar-refractivity contribution < 1.29 is 39.1 Å². The van der Waals surface area contributed by atoms with Crippen LogP contribution in [0.25, 0.3) is 45.6 Å². The van der Waals surface area contributed by atoms with Crippen LogP contribution < -0.4 is 14.2 Å². The van der Waals surface area contributed by atoms with E-state index < -0.39 is 5.97 Å². The molecule has 14 nitrogen and oxygen atoms in total. The summed E-state index contributed by atoms with van der Waals surface area (Å²) < 4.78 is 23.3. The molecular weight excluding hydrogens is 753 g/mol. The van der Waals surface area contributed by atoms with Gasteiger partial charge in [0.05, 0.1) is 35.5 Å². The third-order valence-electron chi connectivity index (χ3n) is 9.78. The average Bonchev–Trinajstić information content (AvgIpc) is 3.23. The van der Waals surface area contributed by atoms with Crippen molar-refractivity contribution in [3.05, 3.63) is 71.8 Å². The van der Waals surface area contributed by atoms with Gasteiger partial charge in [0.1, 0.15) is 60.4 Å². The highest BCUT2D eigenvalue weighted by Crippen LogP contribution is 2.44. The van der Waals surface area contributed by atoms with Crippen molar-refractivity contribution in [2.45, 2.75) is 92.9 Å². The number of benzene rings is 3. The number of phenolic OH excluding ortho intramolecular Hbond substituents is 3. The molecule has 2 heterocycles. The molecule has 0 aliphatic rings. The second kappa shape index (κ2) is 20.9. The quantitative estimate of drug-likeness (QED) is 0.0361. The molecule has 0 saturated carbocycles. The van der Waals surface area contributed by atoms with Crippen molar-refractivity contribution >= 4 is 5.97 Å². The summed E-state index contributed by atoms with van der Waals surface area (Å²) in [4.78, 5) is 39.0. The van der Waals surface area contributed by atoms with Crippen LogP contribution in [0.3, 0.4) is 0 Å². The highest BCUT2D eigenvalue weighted by molar-refractivity contribution is 5.87. The Balaban J connectivity index is 1.52. The van der Waals surface area contributed by atoms with Gasteiger partial charge in [-0.3, -0.25) is 0 Å². The molecule has 59 heavy (non-hydrogen) atoms. The highest BCUT2D eigenvalue weighted by atomic mass is 16.6. The first-order chi connectivity index (χ1) is 28.5. The van der Waals surface area contributed by atoms with E-state index in [9.17, 15) is 20.1 Å². The number of phenols is 3. The molecule has 14 heteroatoms. The molecular formula is C45H54N6O8. The molecule has 3 N–H and O–H groups in total. The molecule has 0 bridgehead atoms. The Morgan fingerprint density at radius 2 is 1.03 bits per heavy atom. The minimum atomic E-state index is -0.565. The van der Waals surface area contributed by atoms with Gasteiger partial charge in [-0.15, -0.1) is 0 Å². The second-order valence-corrected chi connectivity index (χ2v) is 14.3. The van der Waals surface area contributed by atoms with Crippen molar-refractivity contribution in [2.75, 3.05) is 26.4 Å². The molecule has 2 aromatic heterocycles. The molecule has 0 saturated heterocycles. The number of carbonyl (C=O) groups excluding carboxylic acids is 1. The smallest absolute Gasteiger partial charge is 0.333 e. The lowest BCUT2D eigenvalue weighted by atomic mass is 10.0. The van der Waals surface area contributed by atoms with E-state index in [1.165, 1.54) is 12.7 Å². The summed E-state index contributed by atoms with van der Waals surface area (Å²) >= 11 is 0. The van der Waals surface area contributed by atoms with E-state index in [2.05, 4.69) is 45.3 Å². The molecule has 0 fully saturated rings. The lowest BCUT2D eigenvalue weighted by Crippen LogP contribution is -2.13. The zero-order chi connectivity index (χ0) is 42.5. The fraction of sp³-hybridized carbons (Fsp3) is 0.400. The van der Waals surface area contributed by atoms with Crippen LogP contribution in [0.1, 0.15) is 88.8 Å². The molecule has 5 aromatic rings. The Morgan fingerprint density at radius 3 is 1.51 bits per heavy atom. The number of aromatic hydroxyl groups is 3. The predicted octanol–water partition coefficient (Wildman–Crippen LogP) is 9.18. The van der Waals surface area contributed by atoms with Crippen LogP contribution in [0, 0.1) is 20.8 Å². The van der Waals surface area contributed by atoms with Crippen molar-refractivity contribution in [1.29, 1.82) is 0 Å². The van der Waals surface area contributed by atoms with Crippen LogP contribution in [0.4, 0.5) is 0 Å². The molecule has 0 aliphatic carbocycles. The molecule has 0 radical (unpaired) electrons. The second-order valence-electron chi connectivity index (χ2n) is 14.3. The van der Waals surface area contributed by atoms with Crippen molar-refractivity contribution in [3.8, 4) is 80.0 Å². The molecule has 0 atom stereocenters. The van der Waals surface area contributed by atoms with Crippen molar-refractivity contribution in [3.63, 3.8) is 0 Å². The maximum Gasteiger partial charge on any atom is 0.333 e. The number of unbranched alkanes of at least 4 members (excludes halogenated alkanes) is 6. The van der Waals surface area contributed by atoms with Crippen LogP contribution in [-0.4, -0.2) is 77.6 Å². The summed E-state index contributed by atoms with van der Waals surface area (Å²) in [6.07, 6.45) is 11.1. The molecule has 0 unspecified atom stereocenters. The van der Waals surface area contributed by atoms with Crippen LogP contribution in [0.15, 0.2) is 55.1 Å². The monoisotopic (exact) mass is 806 g/mol. The molecule has 0 amide bonds. The summed E-state index contributed by atoms with van der Waals surface area (Å²) in [6, 6.07) is 8.52. The Hall–Kier alpha value is -6.31. The minimum Gasteiger partial charge on any atom is -0.507 e. The first kappa shape index (κ1) is 43.8. The predicted molar refractivity (Wildman–Crippen MR) is 225 cm³/mol. The third kappa shape index (κ3) is 10.8. The number of hydrogen-bond acceptors (Lipinski definition) is 14. The van der Waals surface area contributed by atoms with Crippen LogP contribution in [0.5, 0.6) is 34.5 Å². The maximum atomic E-state index is 12.0. The number of ether oxygens (including phenoxy) is 4. The zero-order valence-electron chi connectivity index (χ0n) is 34.8. The first-order valence-electron chi connectivity index (χ1n) is 20.1. The van der Waals surface area contributed by atoms with Crippen molar-refractivity contribution in [1.82, 2.24) is 29.9 Å². The SMILES string of the molecule is C=C(C)C(=O)OCCOc1c(-c2ncnc(-c3ccc(OCCCCCC)c(C)c3O)n2)cc(-c2ncnc(-c3ccc(OCCCCCC)c(C)c3O)n2)c(O)c1C. The fourth-order valence-corrected chi connectivity index (χ4v) is 6.28. The number of hydrogen-bond donors (Lipinski definition) is 3. The lowest BCUT2D eigenvalue weighted by Gasteiger charge is -2.18. The minimum absolute atomic E-state index is 0.0330. The maximum absolute atomic E-state index is 12.0. The van der Waals surface area contributed by atoms with Gasteiger partial charge in [0, 0.05) is 22.3 Å². The number of esters is 1. The molecule has 312 valence electrons. The van der Waals surface area contributed by atoms with E-state index in [0.29, 0.717) is 58.1 Å². The first-order valence-corrected chi connectivity index (χ1v) is 20.1. The Labute approximate surface area is 345 Å². The molecule has 5 rings (SSSR count). The Kier molecular flexibility index (Phi) is 15.5. The van der Waals surface area contributed by atoms with Crippen molar-refractivity contribution in [2.24, 2.45) is 0 Å². The highest BCUT2D eigenvalue weighted by Gasteiger charge is 2.24. The van der Waals surface area contributed by atoms with Crippen LogP contribution in [0.2, 0.25) is 0 Å². The summed E-state index contributed by atoms with van der Waals surface area (Å²) in [6.45, 7) is 15.6. The van der Waals surface area contributed by atoms with E-state index in [4.69, 9.17) is 23.9 Å². The van der Waals surface area contributed by atoms with Gasteiger partial charge in [-0.2, -0.15) is 0 Å². The van der Waals surface area contributed by atoms with Gasteiger partial charge < -0.3 is 34.3 Å². The van der Waals surface area contributed by atoms with Gasteiger partial charge in [0.2, 0.25) is 0 Å². The van der Waals surface area contributed by atoms with Gasteiger partial charge in [-0.1, -0.05) is 59.0 Å².